The maximum Gasteiger partial charge on any atom is 0.173 e. The minimum atomic E-state index is 0.313. The highest BCUT2D eigenvalue weighted by Crippen LogP contribution is 2.30. The van der Waals surface area contributed by atoms with Crippen LogP contribution in [0.3, 0.4) is 0 Å². The lowest BCUT2D eigenvalue weighted by atomic mass is 10.1. The largest absolute Gasteiger partial charge is 0.293 e. The standard InChI is InChI=1S/C9H10OS2/c10-7-4-2-1-3-6-5-8(11)12-9(6)7/h5,11H,1-4H2. The van der Waals surface area contributed by atoms with Crippen LogP contribution in [0, 0.1) is 0 Å². The smallest absolute Gasteiger partial charge is 0.173 e. The fourth-order valence-corrected chi connectivity index (χ4v) is 2.90. The molecule has 0 saturated carbocycles. The van der Waals surface area contributed by atoms with E-state index in [0.29, 0.717) is 5.78 Å². The molecule has 0 amide bonds. The normalized spacial score (nSPS) is 17.2. The second kappa shape index (κ2) is 3.23. The number of aryl methyl sites for hydroxylation is 1. The SMILES string of the molecule is O=C1CCCCc2cc(S)sc21. The zero-order valence-electron chi connectivity index (χ0n) is 6.67. The quantitative estimate of drug-likeness (QED) is 0.501. The molecule has 0 fully saturated rings. The Labute approximate surface area is 81.2 Å². The van der Waals surface area contributed by atoms with Crippen LogP contribution in [0.1, 0.15) is 34.5 Å². The second-order valence-electron chi connectivity index (χ2n) is 3.07. The molecule has 12 heavy (non-hydrogen) atoms. The molecular weight excluding hydrogens is 188 g/mol. The first kappa shape index (κ1) is 8.32. The van der Waals surface area contributed by atoms with Crippen LogP contribution in [0.2, 0.25) is 0 Å². The van der Waals surface area contributed by atoms with Gasteiger partial charge in [0.1, 0.15) is 0 Å². The van der Waals surface area contributed by atoms with Gasteiger partial charge in [0.15, 0.2) is 5.78 Å². The van der Waals surface area contributed by atoms with Crippen molar-refractivity contribution in [1.29, 1.82) is 0 Å². The number of fused-ring (bicyclic) bond motifs is 1. The Morgan fingerprint density at radius 3 is 2.92 bits per heavy atom. The van der Waals surface area contributed by atoms with E-state index in [1.54, 1.807) is 0 Å². The molecule has 0 spiro atoms. The number of hydrogen-bond acceptors (Lipinski definition) is 3. The van der Waals surface area contributed by atoms with Crippen molar-refractivity contribution in [3.8, 4) is 0 Å². The van der Waals surface area contributed by atoms with Gasteiger partial charge in [-0.2, -0.15) is 0 Å². The summed E-state index contributed by atoms with van der Waals surface area (Å²) in [5.41, 5.74) is 1.22. The Bertz CT molecular complexity index is 314. The molecule has 1 aromatic rings. The number of thiol groups is 1. The van der Waals surface area contributed by atoms with Gasteiger partial charge in [-0.25, -0.2) is 0 Å². The van der Waals surface area contributed by atoms with E-state index in [0.717, 1.165) is 34.8 Å². The lowest BCUT2D eigenvalue weighted by Crippen LogP contribution is -1.94. The molecule has 1 nitrogen and oxygen atoms in total. The van der Waals surface area contributed by atoms with Crippen LogP contribution in [-0.2, 0) is 6.42 Å². The summed E-state index contributed by atoms with van der Waals surface area (Å²) in [5.74, 6) is 0.313. The average Bonchev–Trinajstić information content (AvgIpc) is 2.33. The van der Waals surface area contributed by atoms with Crippen molar-refractivity contribution in [2.75, 3.05) is 0 Å². The number of carbonyl (C=O) groups is 1. The van der Waals surface area contributed by atoms with Crippen molar-refractivity contribution in [2.45, 2.75) is 29.9 Å². The van der Waals surface area contributed by atoms with Gasteiger partial charge < -0.3 is 0 Å². The van der Waals surface area contributed by atoms with Crippen molar-refractivity contribution in [1.82, 2.24) is 0 Å². The Morgan fingerprint density at radius 1 is 1.33 bits per heavy atom. The monoisotopic (exact) mass is 198 g/mol. The van der Waals surface area contributed by atoms with Gasteiger partial charge in [0.05, 0.1) is 9.09 Å². The summed E-state index contributed by atoms with van der Waals surface area (Å²) in [7, 11) is 0. The molecule has 2 rings (SSSR count). The predicted octanol–water partition coefficient (Wildman–Crippen LogP) is 2.95. The van der Waals surface area contributed by atoms with Crippen LogP contribution in [0.15, 0.2) is 10.3 Å². The first-order valence-electron chi connectivity index (χ1n) is 4.12. The number of ketones is 1. The molecule has 0 N–H and O–H groups in total. The summed E-state index contributed by atoms with van der Waals surface area (Å²) >= 11 is 5.78. The summed E-state index contributed by atoms with van der Waals surface area (Å²) in [6, 6.07) is 2.03. The number of carbonyl (C=O) groups excluding carboxylic acids is 1. The van der Waals surface area contributed by atoms with E-state index < -0.39 is 0 Å². The minimum Gasteiger partial charge on any atom is -0.293 e. The van der Waals surface area contributed by atoms with Gasteiger partial charge in [-0.3, -0.25) is 4.79 Å². The summed E-state index contributed by atoms with van der Waals surface area (Å²) in [4.78, 5) is 12.5. The number of Topliss-reactive ketones (excluding diaryl/α,β-unsaturated/α-hetero) is 1. The van der Waals surface area contributed by atoms with Gasteiger partial charge in [-0.05, 0) is 30.9 Å². The highest BCUT2D eigenvalue weighted by atomic mass is 32.2. The minimum absolute atomic E-state index is 0.313. The Balaban J connectivity index is 2.44. The van der Waals surface area contributed by atoms with Crippen molar-refractivity contribution in [3.05, 3.63) is 16.5 Å². The lowest BCUT2D eigenvalue weighted by molar-refractivity contribution is 0.0986. The van der Waals surface area contributed by atoms with E-state index >= 15 is 0 Å². The summed E-state index contributed by atoms with van der Waals surface area (Å²) in [6.45, 7) is 0. The third-order valence-electron chi connectivity index (χ3n) is 2.15. The molecule has 3 heteroatoms. The van der Waals surface area contributed by atoms with Crippen molar-refractivity contribution in [3.63, 3.8) is 0 Å². The average molecular weight is 198 g/mol. The molecule has 0 aromatic carbocycles. The van der Waals surface area contributed by atoms with Crippen molar-refractivity contribution < 1.29 is 4.79 Å². The maximum atomic E-state index is 11.5. The van der Waals surface area contributed by atoms with Crippen LogP contribution in [-0.4, -0.2) is 5.78 Å². The fourth-order valence-electron chi connectivity index (χ4n) is 1.55. The van der Waals surface area contributed by atoms with Crippen molar-refractivity contribution >= 4 is 29.7 Å². The van der Waals surface area contributed by atoms with Crippen LogP contribution < -0.4 is 0 Å². The van der Waals surface area contributed by atoms with E-state index in [-0.39, 0.29) is 0 Å². The number of thiophene rings is 1. The molecule has 64 valence electrons. The molecule has 1 aromatic heterocycles. The molecule has 0 saturated heterocycles. The molecule has 0 radical (unpaired) electrons. The van der Waals surface area contributed by atoms with E-state index in [2.05, 4.69) is 12.6 Å². The molecule has 1 heterocycles. The number of rotatable bonds is 0. The van der Waals surface area contributed by atoms with Gasteiger partial charge in [0, 0.05) is 6.42 Å². The summed E-state index contributed by atoms with van der Waals surface area (Å²) in [5, 5.41) is 0. The summed E-state index contributed by atoms with van der Waals surface area (Å²) in [6.07, 6.45) is 3.96. The van der Waals surface area contributed by atoms with E-state index in [1.165, 1.54) is 16.9 Å². The third-order valence-corrected chi connectivity index (χ3v) is 3.57. The lowest BCUT2D eigenvalue weighted by Gasteiger charge is -1.92. The van der Waals surface area contributed by atoms with Gasteiger partial charge in [-0.15, -0.1) is 24.0 Å². The Kier molecular flexibility index (Phi) is 2.24. The summed E-state index contributed by atoms with van der Waals surface area (Å²) < 4.78 is 0.968. The Hall–Kier alpha value is -0.280. The third kappa shape index (κ3) is 1.43. The zero-order chi connectivity index (χ0) is 8.55. The van der Waals surface area contributed by atoms with Crippen LogP contribution in [0.25, 0.3) is 0 Å². The molecule has 0 aliphatic heterocycles. The second-order valence-corrected chi connectivity index (χ2v) is 4.91. The molecule has 0 unspecified atom stereocenters. The van der Waals surface area contributed by atoms with Gasteiger partial charge >= 0.3 is 0 Å². The molecule has 0 atom stereocenters. The molecule has 0 bridgehead atoms. The van der Waals surface area contributed by atoms with Gasteiger partial charge in [0.25, 0.3) is 0 Å². The zero-order valence-corrected chi connectivity index (χ0v) is 8.38. The number of hydrogen-bond donors (Lipinski definition) is 1. The Morgan fingerprint density at radius 2 is 2.08 bits per heavy atom. The molecular formula is C9H10OS2. The van der Waals surface area contributed by atoms with Crippen LogP contribution in [0.4, 0.5) is 0 Å². The van der Waals surface area contributed by atoms with Crippen LogP contribution in [0.5, 0.6) is 0 Å². The first-order chi connectivity index (χ1) is 5.77. The molecule has 1 aliphatic carbocycles. The van der Waals surface area contributed by atoms with E-state index in [1.807, 2.05) is 6.07 Å². The van der Waals surface area contributed by atoms with E-state index in [9.17, 15) is 4.79 Å². The first-order valence-corrected chi connectivity index (χ1v) is 5.38. The topological polar surface area (TPSA) is 17.1 Å². The fraction of sp³-hybridized carbons (Fsp3) is 0.444. The van der Waals surface area contributed by atoms with Crippen molar-refractivity contribution in [2.24, 2.45) is 0 Å². The van der Waals surface area contributed by atoms with Gasteiger partial charge in [-0.1, -0.05) is 0 Å². The predicted molar refractivity (Wildman–Crippen MR) is 53.5 cm³/mol. The highest BCUT2D eigenvalue weighted by Gasteiger charge is 2.17. The molecule has 1 aliphatic rings. The maximum absolute atomic E-state index is 11.5. The van der Waals surface area contributed by atoms with Gasteiger partial charge in [0.2, 0.25) is 0 Å². The van der Waals surface area contributed by atoms with Crippen LogP contribution >= 0.6 is 24.0 Å². The highest BCUT2D eigenvalue weighted by molar-refractivity contribution is 7.82. The van der Waals surface area contributed by atoms with E-state index in [4.69, 9.17) is 0 Å².